The minimum absolute atomic E-state index is 0.0206. The third-order valence-electron chi connectivity index (χ3n) is 3.87. The van der Waals surface area contributed by atoms with Crippen molar-refractivity contribution >= 4 is 23.8 Å². The van der Waals surface area contributed by atoms with E-state index in [0.29, 0.717) is 12.8 Å². The first-order valence-electron chi connectivity index (χ1n) is 10.6. The third kappa shape index (κ3) is 12.4. The van der Waals surface area contributed by atoms with Gasteiger partial charge in [-0.2, -0.15) is 0 Å². The van der Waals surface area contributed by atoms with E-state index in [0.717, 1.165) is 0 Å². The Kier molecular flexibility index (Phi) is 11.1. The molecule has 0 bridgehead atoms. The van der Waals surface area contributed by atoms with E-state index in [1.807, 2.05) is 20.8 Å². The predicted molar refractivity (Wildman–Crippen MR) is 115 cm³/mol. The summed E-state index contributed by atoms with van der Waals surface area (Å²) in [6.07, 6.45) is 0.210. The summed E-state index contributed by atoms with van der Waals surface area (Å²) in [6, 6.07) is -1.70. The van der Waals surface area contributed by atoms with Crippen molar-refractivity contribution in [3.8, 4) is 0 Å². The van der Waals surface area contributed by atoms with Crippen molar-refractivity contribution in [2.45, 2.75) is 111 Å². The van der Waals surface area contributed by atoms with E-state index in [4.69, 9.17) is 9.47 Å². The van der Waals surface area contributed by atoms with Crippen LogP contribution in [-0.4, -0.2) is 47.0 Å². The van der Waals surface area contributed by atoms with Crippen molar-refractivity contribution < 1.29 is 28.7 Å². The summed E-state index contributed by atoms with van der Waals surface area (Å²) >= 11 is 0. The average Bonchev–Trinajstić information content (AvgIpc) is 2.52. The molecule has 2 unspecified atom stereocenters. The number of rotatable bonds is 10. The molecule has 0 aromatic rings. The van der Waals surface area contributed by atoms with Gasteiger partial charge in [0.15, 0.2) is 5.78 Å². The number of carbonyl (C=O) groups is 4. The van der Waals surface area contributed by atoms with Crippen molar-refractivity contribution in [3.05, 3.63) is 0 Å². The zero-order valence-corrected chi connectivity index (χ0v) is 20.0. The van der Waals surface area contributed by atoms with Gasteiger partial charge in [0.1, 0.15) is 17.2 Å². The van der Waals surface area contributed by atoms with Crippen LogP contribution < -0.4 is 10.6 Å². The lowest BCUT2D eigenvalue weighted by Crippen LogP contribution is -2.53. The Bertz CT molecular complexity index is 602. The zero-order valence-electron chi connectivity index (χ0n) is 20.0. The van der Waals surface area contributed by atoms with Crippen LogP contribution in [0.15, 0.2) is 0 Å². The Hall–Kier alpha value is -2.12. The molecule has 0 heterocycles. The van der Waals surface area contributed by atoms with Crippen LogP contribution >= 0.6 is 0 Å². The molecule has 0 fully saturated rings. The quantitative estimate of drug-likeness (QED) is 0.515. The fourth-order valence-corrected chi connectivity index (χ4v) is 2.65. The van der Waals surface area contributed by atoms with Gasteiger partial charge in [-0.3, -0.25) is 14.4 Å². The summed E-state index contributed by atoms with van der Waals surface area (Å²) in [5, 5.41) is 5.24. The summed E-state index contributed by atoms with van der Waals surface area (Å²) in [5.74, 6) is -1.19. The highest BCUT2D eigenvalue weighted by Crippen LogP contribution is 2.13. The smallest absolute Gasteiger partial charge is 0.408 e. The summed E-state index contributed by atoms with van der Waals surface area (Å²) in [6.45, 7) is 16.0. The van der Waals surface area contributed by atoms with E-state index >= 15 is 0 Å². The van der Waals surface area contributed by atoms with Crippen LogP contribution in [0.4, 0.5) is 4.79 Å². The molecule has 0 aromatic carbocycles. The van der Waals surface area contributed by atoms with Gasteiger partial charge in [0.05, 0.1) is 6.04 Å². The Morgan fingerprint density at radius 3 is 1.80 bits per heavy atom. The number of hydrogen-bond donors (Lipinski definition) is 2. The topological polar surface area (TPSA) is 111 Å². The van der Waals surface area contributed by atoms with Gasteiger partial charge in [0, 0.05) is 12.8 Å². The van der Waals surface area contributed by atoms with E-state index in [-0.39, 0.29) is 24.5 Å². The lowest BCUT2D eigenvalue weighted by atomic mass is 9.96. The number of Topliss-reactive ketones (excluding diaryl/α,β-unsaturated/α-hetero) is 1. The van der Waals surface area contributed by atoms with Crippen molar-refractivity contribution in [1.29, 1.82) is 0 Å². The Balaban J connectivity index is 5.32. The predicted octanol–water partition coefficient (Wildman–Crippen LogP) is 3.51. The van der Waals surface area contributed by atoms with Gasteiger partial charge >= 0.3 is 12.1 Å². The van der Waals surface area contributed by atoms with Gasteiger partial charge in [-0.1, -0.05) is 20.8 Å². The monoisotopic (exact) mass is 428 g/mol. The third-order valence-corrected chi connectivity index (χ3v) is 3.87. The minimum atomic E-state index is -1.04. The first-order valence-corrected chi connectivity index (χ1v) is 10.6. The van der Waals surface area contributed by atoms with Gasteiger partial charge in [-0.15, -0.1) is 0 Å². The second kappa shape index (κ2) is 11.9. The van der Waals surface area contributed by atoms with Crippen LogP contribution in [0.3, 0.4) is 0 Å². The molecule has 2 N–H and O–H groups in total. The molecular formula is C22H40N2O6. The van der Waals surface area contributed by atoms with Crippen molar-refractivity contribution in [2.24, 2.45) is 5.92 Å². The van der Waals surface area contributed by atoms with Crippen LogP contribution in [0, 0.1) is 5.92 Å². The molecule has 8 nitrogen and oxygen atoms in total. The zero-order chi connectivity index (χ0) is 23.7. The molecule has 0 aliphatic rings. The van der Waals surface area contributed by atoms with Gasteiger partial charge in [-0.25, -0.2) is 4.79 Å². The lowest BCUT2D eigenvalue weighted by Gasteiger charge is -2.26. The molecular weight excluding hydrogens is 388 g/mol. The largest absolute Gasteiger partial charge is 0.460 e. The summed E-state index contributed by atoms with van der Waals surface area (Å²) in [5.41, 5.74) is -1.39. The molecule has 0 aromatic heterocycles. The van der Waals surface area contributed by atoms with Gasteiger partial charge < -0.3 is 20.1 Å². The van der Waals surface area contributed by atoms with Crippen LogP contribution in [0.25, 0.3) is 0 Å². The van der Waals surface area contributed by atoms with E-state index in [1.54, 1.807) is 41.5 Å². The van der Waals surface area contributed by atoms with Crippen LogP contribution in [-0.2, 0) is 23.9 Å². The number of nitrogens with one attached hydrogen (secondary N) is 2. The molecule has 0 rings (SSSR count). The second-order valence-electron chi connectivity index (χ2n) is 9.77. The Labute approximate surface area is 180 Å². The number of ether oxygens (including phenoxy) is 2. The number of esters is 1. The maximum absolute atomic E-state index is 12.9. The number of hydrogen-bond acceptors (Lipinski definition) is 6. The molecule has 2 atom stereocenters. The van der Waals surface area contributed by atoms with Gasteiger partial charge in [0.25, 0.3) is 0 Å². The molecule has 30 heavy (non-hydrogen) atoms. The molecule has 0 aliphatic heterocycles. The highest BCUT2D eigenvalue weighted by atomic mass is 16.6. The molecule has 0 spiro atoms. The van der Waals surface area contributed by atoms with Crippen molar-refractivity contribution in [3.63, 3.8) is 0 Å². The number of alkyl carbamates (subject to hydrolysis) is 1. The normalized spacial score (nSPS) is 13.9. The maximum atomic E-state index is 12.9. The van der Waals surface area contributed by atoms with Crippen LogP contribution in [0.2, 0.25) is 0 Å². The summed E-state index contributed by atoms with van der Waals surface area (Å²) < 4.78 is 10.5. The summed E-state index contributed by atoms with van der Waals surface area (Å²) in [4.78, 5) is 49.5. The molecule has 2 amide bonds. The molecule has 8 heteroatoms. The number of amides is 2. The average molecular weight is 429 g/mol. The highest BCUT2D eigenvalue weighted by molar-refractivity contribution is 5.92. The Morgan fingerprint density at radius 2 is 1.37 bits per heavy atom. The SMILES string of the molecule is CCCC(=O)C(NC(=O)C(CCC(=O)OC(C)(C)C)NC(=O)OC(C)(C)C)C(C)C. The molecule has 0 saturated carbocycles. The first kappa shape index (κ1) is 27.9. The van der Waals surface area contributed by atoms with Gasteiger partial charge in [-0.05, 0) is 60.3 Å². The van der Waals surface area contributed by atoms with Crippen LogP contribution in [0.1, 0.15) is 88.0 Å². The van der Waals surface area contributed by atoms with E-state index < -0.39 is 41.3 Å². The first-order chi connectivity index (χ1) is 13.6. The highest BCUT2D eigenvalue weighted by Gasteiger charge is 2.30. The molecule has 0 radical (unpaired) electrons. The molecule has 0 aliphatic carbocycles. The number of carbonyl (C=O) groups excluding carboxylic acids is 4. The van der Waals surface area contributed by atoms with Crippen LogP contribution in [0.5, 0.6) is 0 Å². The molecule has 174 valence electrons. The maximum Gasteiger partial charge on any atom is 0.408 e. The Morgan fingerprint density at radius 1 is 0.833 bits per heavy atom. The van der Waals surface area contributed by atoms with E-state index in [9.17, 15) is 19.2 Å². The minimum Gasteiger partial charge on any atom is -0.460 e. The van der Waals surface area contributed by atoms with Crippen molar-refractivity contribution in [1.82, 2.24) is 10.6 Å². The van der Waals surface area contributed by atoms with Crippen molar-refractivity contribution in [2.75, 3.05) is 0 Å². The van der Waals surface area contributed by atoms with E-state index in [1.165, 1.54) is 0 Å². The standard InChI is InChI=1S/C22H40N2O6/c1-10-11-16(25)18(14(2)3)24-19(27)15(23-20(28)30-22(7,8)9)12-13-17(26)29-21(4,5)6/h14-15,18H,10-13H2,1-9H3,(H,23,28)(H,24,27). The fourth-order valence-electron chi connectivity index (χ4n) is 2.65. The van der Waals surface area contributed by atoms with E-state index in [2.05, 4.69) is 10.6 Å². The molecule has 0 saturated heterocycles. The lowest BCUT2D eigenvalue weighted by molar-refractivity contribution is -0.155. The fraction of sp³-hybridized carbons (Fsp3) is 0.818. The van der Waals surface area contributed by atoms with Gasteiger partial charge in [0.2, 0.25) is 5.91 Å². The second-order valence-corrected chi connectivity index (χ2v) is 9.77. The summed E-state index contributed by atoms with van der Waals surface area (Å²) in [7, 11) is 0. The number of ketones is 1.